The fourth-order valence-corrected chi connectivity index (χ4v) is 3.79. The lowest BCUT2D eigenvalue weighted by molar-refractivity contribution is 0.0701. The van der Waals surface area contributed by atoms with Crippen LogP contribution in [0.3, 0.4) is 0 Å². The molecule has 0 amide bonds. The van der Waals surface area contributed by atoms with Crippen LogP contribution in [0.4, 0.5) is 0 Å². The number of carboxylic acids is 1. The maximum atomic E-state index is 12.9. The summed E-state index contributed by atoms with van der Waals surface area (Å²) in [5.74, 6) is 1.89. The van der Waals surface area contributed by atoms with Crippen LogP contribution in [0.5, 0.6) is 0 Å². The number of carbonyl (C=O) groups is 1. The molecule has 3 aromatic rings. The van der Waals surface area contributed by atoms with Crippen LogP contribution in [0, 0.1) is 19.3 Å². The number of aryl methyl sites for hydroxylation is 1. The zero-order valence-corrected chi connectivity index (χ0v) is 14.8. The standard InChI is InChI=1S/C18H13ClN2O3S/c1-3-8-21-13(9-11-4-6-12(19)7-5-11)20-16-14(17(21)22)10(2)15(25-16)18(23)24/h1,4-7H,8-9H2,2H3,(H,23,24). The second-order valence-electron chi connectivity index (χ2n) is 5.47. The molecule has 1 N–H and O–H groups in total. The highest BCUT2D eigenvalue weighted by Gasteiger charge is 2.21. The van der Waals surface area contributed by atoms with E-state index in [0.717, 1.165) is 16.9 Å². The number of carboxylic acid groups (broad SMARTS) is 1. The molecule has 0 atom stereocenters. The van der Waals surface area contributed by atoms with Crippen LogP contribution >= 0.6 is 22.9 Å². The highest BCUT2D eigenvalue weighted by molar-refractivity contribution is 7.20. The fraction of sp³-hybridized carbons (Fsp3) is 0.167. The van der Waals surface area contributed by atoms with Gasteiger partial charge in [0.2, 0.25) is 0 Å². The first-order chi connectivity index (χ1) is 11.9. The molecule has 0 unspecified atom stereocenters. The predicted octanol–water partition coefficient (Wildman–Crippen LogP) is 3.34. The molecule has 0 aliphatic heterocycles. The van der Waals surface area contributed by atoms with Crippen molar-refractivity contribution in [3.63, 3.8) is 0 Å². The number of nitrogens with zero attached hydrogens (tertiary/aromatic N) is 2. The smallest absolute Gasteiger partial charge is 0.346 e. The van der Waals surface area contributed by atoms with Crippen molar-refractivity contribution in [2.75, 3.05) is 0 Å². The highest BCUT2D eigenvalue weighted by Crippen LogP contribution is 2.27. The number of aromatic nitrogens is 2. The summed E-state index contributed by atoms with van der Waals surface area (Å²) in [5.41, 5.74) is 1.04. The third-order valence-corrected chi connectivity index (χ3v) is 5.27. The van der Waals surface area contributed by atoms with Gasteiger partial charge in [-0.1, -0.05) is 29.7 Å². The Kier molecular flexibility index (Phi) is 4.62. The molecule has 0 fully saturated rings. The minimum absolute atomic E-state index is 0.0718. The summed E-state index contributed by atoms with van der Waals surface area (Å²) in [7, 11) is 0. The molecule has 7 heteroatoms. The molecule has 2 heterocycles. The van der Waals surface area contributed by atoms with Gasteiger partial charge >= 0.3 is 5.97 Å². The van der Waals surface area contributed by atoms with E-state index in [1.54, 1.807) is 19.1 Å². The molecule has 0 spiro atoms. The summed E-state index contributed by atoms with van der Waals surface area (Å²) in [5, 5.41) is 10.2. The maximum Gasteiger partial charge on any atom is 0.346 e. The van der Waals surface area contributed by atoms with Gasteiger partial charge in [-0.15, -0.1) is 17.8 Å². The minimum atomic E-state index is -1.07. The van der Waals surface area contributed by atoms with Crippen molar-refractivity contribution >= 4 is 39.1 Å². The van der Waals surface area contributed by atoms with Gasteiger partial charge in [-0.25, -0.2) is 9.78 Å². The van der Waals surface area contributed by atoms with Crippen LogP contribution < -0.4 is 5.56 Å². The van der Waals surface area contributed by atoms with Crippen molar-refractivity contribution in [2.24, 2.45) is 0 Å². The van der Waals surface area contributed by atoms with Crippen molar-refractivity contribution in [3.8, 4) is 12.3 Å². The number of hydrogen-bond donors (Lipinski definition) is 1. The molecule has 5 nitrogen and oxygen atoms in total. The van der Waals surface area contributed by atoms with Crippen LogP contribution in [0.2, 0.25) is 5.02 Å². The van der Waals surface area contributed by atoms with Gasteiger partial charge in [-0.05, 0) is 30.2 Å². The van der Waals surface area contributed by atoms with Gasteiger partial charge in [-0.2, -0.15) is 0 Å². The van der Waals surface area contributed by atoms with E-state index in [-0.39, 0.29) is 17.0 Å². The Bertz CT molecular complexity index is 1070. The number of rotatable bonds is 4. The summed E-state index contributed by atoms with van der Waals surface area (Å²) >= 11 is 6.90. The van der Waals surface area contributed by atoms with E-state index in [4.69, 9.17) is 18.0 Å². The normalized spacial score (nSPS) is 10.8. The zero-order chi connectivity index (χ0) is 18.1. The summed E-state index contributed by atoms with van der Waals surface area (Å²) in [6.07, 6.45) is 5.79. The summed E-state index contributed by atoms with van der Waals surface area (Å²) < 4.78 is 1.42. The van der Waals surface area contributed by atoms with Crippen LogP contribution in [0.1, 0.15) is 26.6 Å². The van der Waals surface area contributed by atoms with Crippen molar-refractivity contribution < 1.29 is 9.90 Å². The van der Waals surface area contributed by atoms with E-state index in [9.17, 15) is 14.7 Å². The number of thiophene rings is 1. The van der Waals surface area contributed by atoms with Crippen LogP contribution in [0.25, 0.3) is 10.2 Å². The van der Waals surface area contributed by atoms with E-state index < -0.39 is 5.97 Å². The molecule has 1 aromatic carbocycles. The van der Waals surface area contributed by atoms with Crippen LogP contribution in [-0.2, 0) is 13.0 Å². The lowest BCUT2D eigenvalue weighted by atomic mass is 10.1. The molecular formula is C18H13ClN2O3S. The van der Waals surface area contributed by atoms with E-state index in [0.29, 0.717) is 33.0 Å². The Morgan fingerprint density at radius 3 is 2.68 bits per heavy atom. The lowest BCUT2D eigenvalue weighted by Crippen LogP contribution is -2.25. The lowest BCUT2D eigenvalue weighted by Gasteiger charge is -2.10. The second kappa shape index (κ2) is 6.71. The molecule has 0 saturated heterocycles. The summed E-state index contributed by atoms with van der Waals surface area (Å²) in [6, 6.07) is 7.22. The number of halogens is 1. The van der Waals surface area contributed by atoms with Crippen molar-refractivity contribution in [2.45, 2.75) is 19.9 Å². The van der Waals surface area contributed by atoms with Crippen molar-refractivity contribution in [1.29, 1.82) is 0 Å². The summed E-state index contributed by atoms with van der Waals surface area (Å²) in [4.78, 5) is 29.3. The van der Waals surface area contributed by atoms with E-state index in [1.165, 1.54) is 4.57 Å². The highest BCUT2D eigenvalue weighted by atomic mass is 35.5. The van der Waals surface area contributed by atoms with Crippen molar-refractivity contribution in [1.82, 2.24) is 9.55 Å². The predicted molar refractivity (Wildman–Crippen MR) is 98.7 cm³/mol. The molecule has 25 heavy (non-hydrogen) atoms. The monoisotopic (exact) mass is 372 g/mol. The fourth-order valence-electron chi connectivity index (χ4n) is 2.64. The maximum absolute atomic E-state index is 12.9. The van der Waals surface area contributed by atoms with Gasteiger partial charge in [0.1, 0.15) is 15.5 Å². The molecule has 126 valence electrons. The topological polar surface area (TPSA) is 72.2 Å². The zero-order valence-electron chi connectivity index (χ0n) is 13.2. The number of aromatic carboxylic acids is 1. The Labute approximate surface area is 152 Å². The quantitative estimate of drug-likeness (QED) is 0.713. The SMILES string of the molecule is C#CCn1c(Cc2ccc(Cl)cc2)nc2sc(C(=O)O)c(C)c2c1=O. The molecule has 0 bridgehead atoms. The van der Waals surface area contributed by atoms with Gasteiger partial charge in [-0.3, -0.25) is 9.36 Å². The van der Waals surface area contributed by atoms with Crippen LogP contribution in [-0.4, -0.2) is 20.6 Å². The number of fused-ring (bicyclic) bond motifs is 1. The molecule has 0 radical (unpaired) electrons. The van der Waals surface area contributed by atoms with Gasteiger partial charge in [0, 0.05) is 11.4 Å². The number of terminal acetylenes is 1. The molecule has 0 aliphatic rings. The Morgan fingerprint density at radius 2 is 2.08 bits per heavy atom. The average molecular weight is 373 g/mol. The number of hydrogen-bond acceptors (Lipinski definition) is 4. The molecule has 0 saturated carbocycles. The summed E-state index contributed by atoms with van der Waals surface area (Å²) in [6.45, 7) is 1.69. The number of benzene rings is 1. The molecule has 2 aromatic heterocycles. The van der Waals surface area contributed by atoms with Gasteiger partial charge < -0.3 is 5.11 Å². The van der Waals surface area contributed by atoms with E-state index >= 15 is 0 Å². The third kappa shape index (κ3) is 3.16. The van der Waals surface area contributed by atoms with Crippen molar-refractivity contribution in [3.05, 3.63) is 61.5 Å². The van der Waals surface area contributed by atoms with Crippen LogP contribution in [0.15, 0.2) is 29.1 Å². The largest absolute Gasteiger partial charge is 0.477 e. The Balaban J connectivity index is 2.22. The van der Waals surface area contributed by atoms with E-state index in [1.807, 2.05) is 12.1 Å². The Hall–Kier alpha value is -2.62. The van der Waals surface area contributed by atoms with Gasteiger partial charge in [0.15, 0.2) is 0 Å². The first kappa shape index (κ1) is 17.2. The first-order valence-corrected chi connectivity index (χ1v) is 8.55. The first-order valence-electron chi connectivity index (χ1n) is 7.36. The van der Waals surface area contributed by atoms with Gasteiger partial charge in [0.05, 0.1) is 11.9 Å². The Morgan fingerprint density at radius 1 is 1.40 bits per heavy atom. The van der Waals surface area contributed by atoms with Gasteiger partial charge in [0.25, 0.3) is 5.56 Å². The molecule has 3 rings (SSSR count). The second-order valence-corrected chi connectivity index (χ2v) is 6.90. The molecule has 0 aliphatic carbocycles. The average Bonchev–Trinajstić information content (AvgIpc) is 2.90. The third-order valence-electron chi connectivity index (χ3n) is 3.85. The van der Waals surface area contributed by atoms with E-state index in [2.05, 4.69) is 10.9 Å². The molecular weight excluding hydrogens is 360 g/mol. The minimum Gasteiger partial charge on any atom is -0.477 e.